The first-order valence-corrected chi connectivity index (χ1v) is 8.00. The van der Waals surface area contributed by atoms with Crippen LogP contribution in [0, 0.1) is 11.6 Å². The number of anilines is 1. The fraction of sp³-hybridized carbons (Fsp3) is 0.200. The fourth-order valence-corrected chi connectivity index (χ4v) is 4.20. The third-order valence-corrected chi connectivity index (χ3v) is 5.36. The smallest absolute Gasteiger partial charge is 0.263 e. The number of aryl methyl sites for hydroxylation is 1. The van der Waals surface area contributed by atoms with Crippen LogP contribution in [-0.2, 0) is 16.4 Å². The van der Waals surface area contributed by atoms with E-state index in [0.29, 0.717) is 18.4 Å². The highest BCUT2D eigenvalue weighted by Gasteiger charge is 2.32. The Morgan fingerprint density at radius 3 is 2.43 bits per heavy atom. The number of fused-ring (bicyclic) bond motifs is 1. The summed E-state index contributed by atoms with van der Waals surface area (Å²) in [6, 6.07) is 9.60. The molecule has 0 fully saturated rings. The summed E-state index contributed by atoms with van der Waals surface area (Å²) in [7, 11) is -4.11. The van der Waals surface area contributed by atoms with Crippen molar-refractivity contribution in [2.24, 2.45) is 0 Å². The van der Waals surface area contributed by atoms with Gasteiger partial charge < -0.3 is 0 Å². The van der Waals surface area contributed by atoms with Crippen LogP contribution in [0.4, 0.5) is 14.5 Å². The van der Waals surface area contributed by atoms with E-state index in [1.807, 2.05) is 0 Å². The van der Waals surface area contributed by atoms with Gasteiger partial charge in [0.25, 0.3) is 10.0 Å². The lowest BCUT2D eigenvalue weighted by atomic mass is 10.0. The molecule has 0 radical (unpaired) electrons. The Morgan fingerprint density at radius 1 is 0.952 bits per heavy atom. The van der Waals surface area contributed by atoms with E-state index >= 15 is 0 Å². The number of rotatable bonds is 2. The molecule has 0 spiro atoms. The summed E-state index contributed by atoms with van der Waals surface area (Å²) in [5, 5.41) is 0. The SMILES string of the molecule is O=S(=O)(c1ccccc1F)N1CCCc2cccc(F)c21. The van der Waals surface area contributed by atoms with Gasteiger partial charge in [-0.2, -0.15) is 0 Å². The Kier molecular flexibility index (Phi) is 3.41. The van der Waals surface area contributed by atoms with Crippen LogP contribution in [0.1, 0.15) is 12.0 Å². The topological polar surface area (TPSA) is 37.4 Å². The zero-order valence-corrected chi connectivity index (χ0v) is 11.9. The van der Waals surface area contributed by atoms with Crippen molar-refractivity contribution in [1.29, 1.82) is 0 Å². The molecule has 2 aromatic rings. The van der Waals surface area contributed by atoms with Crippen LogP contribution in [0.5, 0.6) is 0 Å². The van der Waals surface area contributed by atoms with E-state index in [4.69, 9.17) is 0 Å². The second kappa shape index (κ2) is 5.11. The predicted molar refractivity (Wildman–Crippen MR) is 75.7 cm³/mol. The molecule has 110 valence electrons. The minimum absolute atomic E-state index is 0.0343. The Morgan fingerprint density at radius 2 is 1.67 bits per heavy atom. The molecule has 1 aliphatic rings. The molecule has 0 aliphatic carbocycles. The van der Waals surface area contributed by atoms with Gasteiger partial charge in [0.05, 0.1) is 5.69 Å². The van der Waals surface area contributed by atoms with Crippen LogP contribution in [0.3, 0.4) is 0 Å². The van der Waals surface area contributed by atoms with Crippen molar-refractivity contribution in [3.63, 3.8) is 0 Å². The van der Waals surface area contributed by atoms with Gasteiger partial charge >= 0.3 is 0 Å². The quantitative estimate of drug-likeness (QED) is 0.855. The van der Waals surface area contributed by atoms with E-state index in [1.54, 1.807) is 12.1 Å². The van der Waals surface area contributed by atoms with Crippen molar-refractivity contribution in [3.05, 3.63) is 59.7 Å². The molecule has 0 aromatic heterocycles. The maximum absolute atomic E-state index is 14.1. The zero-order valence-electron chi connectivity index (χ0n) is 11.1. The third kappa shape index (κ3) is 2.29. The average Bonchev–Trinajstić information content (AvgIpc) is 2.47. The molecule has 0 unspecified atom stereocenters. The van der Waals surface area contributed by atoms with Crippen LogP contribution in [0.15, 0.2) is 47.4 Å². The van der Waals surface area contributed by atoms with Gasteiger partial charge in [-0.15, -0.1) is 0 Å². The Hall–Kier alpha value is -1.95. The van der Waals surface area contributed by atoms with Gasteiger partial charge in [0, 0.05) is 6.54 Å². The van der Waals surface area contributed by atoms with Crippen molar-refractivity contribution in [3.8, 4) is 0 Å². The maximum atomic E-state index is 14.1. The molecule has 1 heterocycles. The van der Waals surface area contributed by atoms with Crippen LogP contribution >= 0.6 is 0 Å². The molecule has 0 saturated heterocycles. The number of nitrogens with zero attached hydrogens (tertiary/aromatic N) is 1. The second-order valence-corrected chi connectivity index (χ2v) is 6.69. The lowest BCUT2D eigenvalue weighted by Gasteiger charge is -2.30. The van der Waals surface area contributed by atoms with E-state index in [0.717, 1.165) is 10.4 Å². The fourth-order valence-electron chi connectivity index (χ4n) is 2.58. The van der Waals surface area contributed by atoms with E-state index < -0.39 is 26.6 Å². The molecule has 3 rings (SSSR count). The molecule has 0 atom stereocenters. The lowest BCUT2D eigenvalue weighted by Crippen LogP contribution is -2.36. The summed E-state index contributed by atoms with van der Waals surface area (Å²) in [5.41, 5.74) is 0.660. The van der Waals surface area contributed by atoms with Gasteiger partial charge in [-0.25, -0.2) is 17.2 Å². The number of benzene rings is 2. The Balaban J connectivity index is 2.17. The molecule has 2 aromatic carbocycles. The number of hydrogen-bond acceptors (Lipinski definition) is 2. The number of para-hydroxylation sites is 1. The van der Waals surface area contributed by atoms with Crippen LogP contribution < -0.4 is 4.31 Å². The van der Waals surface area contributed by atoms with Gasteiger partial charge in [0.1, 0.15) is 16.5 Å². The van der Waals surface area contributed by atoms with Crippen molar-refractivity contribution in [2.75, 3.05) is 10.8 Å². The van der Waals surface area contributed by atoms with Gasteiger partial charge in [0.2, 0.25) is 0 Å². The van der Waals surface area contributed by atoms with Gasteiger partial charge in [-0.1, -0.05) is 24.3 Å². The van der Waals surface area contributed by atoms with Gasteiger partial charge in [-0.3, -0.25) is 4.31 Å². The largest absolute Gasteiger partial charge is 0.267 e. The molecular formula is C15H13F2NO2S. The summed E-state index contributed by atoms with van der Waals surface area (Å²) in [4.78, 5) is -0.430. The molecular weight excluding hydrogens is 296 g/mol. The molecule has 0 saturated carbocycles. The molecule has 0 N–H and O–H groups in total. The molecule has 6 heteroatoms. The summed E-state index contributed by atoms with van der Waals surface area (Å²) < 4.78 is 54.1. The first-order valence-electron chi connectivity index (χ1n) is 6.56. The number of sulfonamides is 1. The predicted octanol–water partition coefficient (Wildman–Crippen LogP) is 3.11. The van der Waals surface area contributed by atoms with Crippen molar-refractivity contribution >= 4 is 15.7 Å². The summed E-state index contributed by atoms with van der Waals surface area (Å²) in [6.07, 6.45) is 1.18. The first kappa shape index (κ1) is 14.0. The van der Waals surface area contributed by atoms with Crippen LogP contribution in [-0.4, -0.2) is 15.0 Å². The minimum atomic E-state index is -4.11. The average molecular weight is 309 g/mol. The maximum Gasteiger partial charge on any atom is 0.267 e. The van der Waals surface area contributed by atoms with E-state index in [1.165, 1.54) is 24.3 Å². The zero-order chi connectivity index (χ0) is 15.0. The molecule has 3 nitrogen and oxygen atoms in total. The van der Waals surface area contributed by atoms with Crippen LogP contribution in [0.25, 0.3) is 0 Å². The highest BCUT2D eigenvalue weighted by atomic mass is 32.2. The van der Waals surface area contributed by atoms with E-state index in [-0.39, 0.29) is 12.2 Å². The van der Waals surface area contributed by atoms with Gasteiger partial charge in [-0.05, 0) is 36.6 Å². The van der Waals surface area contributed by atoms with Crippen molar-refractivity contribution in [2.45, 2.75) is 17.7 Å². The minimum Gasteiger partial charge on any atom is -0.263 e. The number of hydrogen-bond donors (Lipinski definition) is 0. The monoisotopic (exact) mass is 309 g/mol. The number of halogens is 2. The second-order valence-electron chi connectivity index (χ2n) is 4.86. The summed E-state index contributed by atoms with van der Waals surface area (Å²) >= 11 is 0. The normalized spacial score (nSPS) is 14.9. The first-order chi connectivity index (χ1) is 10.0. The standard InChI is InChI=1S/C15H13F2NO2S/c16-12-7-1-2-9-14(12)21(19,20)18-10-4-6-11-5-3-8-13(17)15(11)18/h1-3,5,7-9H,4,6,10H2. The van der Waals surface area contributed by atoms with Crippen molar-refractivity contribution in [1.82, 2.24) is 0 Å². The summed E-state index contributed by atoms with van der Waals surface area (Å²) in [6.45, 7) is 0.143. The van der Waals surface area contributed by atoms with Gasteiger partial charge in [0.15, 0.2) is 0 Å². The highest BCUT2D eigenvalue weighted by molar-refractivity contribution is 7.92. The van der Waals surface area contributed by atoms with E-state index in [9.17, 15) is 17.2 Å². The summed E-state index contributed by atoms with van der Waals surface area (Å²) in [5.74, 6) is -1.44. The molecule has 0 bridgehead atoms. The third-order valence-electron chi connectivity index (χ3n) is 3.53. The van der Waals surface area contributed by atoms with E-state index in [2.05, 4.69) is 0 Å². The Labute approximate surface area is 121 Å². The highest BCUT2D eigenvalue weighted by Crippen LogP contribution is 2.34. The van der Waals surface area contributed by atoms with Crippen molar-refractivity contribution < 1.29 is 17.2 Å². The molecule has 21 heavy (non-hydrogen) atoms. The lowest BCUT2D eigenvalue weighted by molar-refractivity contribution is 0.556. The Bertz CT molecular complexity index is 790. The molecule has 1 aliphatic heterocycles. The van der Waals surface area contributed by atoms with Crippen LogP contribution in [0.2, 0.25) is 0 Å². The molecule has 0 amide bonds.